The second-order valence-corrected chi connectivity index (χ2v) is 6.18. The first-order chi connectivity index (χ1) is 12.5. The molecule has 3 rings (SSSR count). The Morgan fingerprint density at radius 2 is 1.77 bits per heavy atom. The van der Waals surface area contributed by atoms with Crippen molar-refractivity contribution in [3.05, 3.63) is 76.1 Å². The van der Waals surface area contributed by atoms with Crippen molar-refractivity contribution in [2.75, 3.05) is 13.2 Å². The van der Waals surface area contributed by atoms with Gasteiger partial charge in [-0.15, -0.1) is 0 Å². The van der Waals surface area contributed by atoms with Crippen LogP contribution in [0.5, 0.6) is 0 Å². The van der Waals surface area contributed by atoms with Crippen LogP contribution in [-0.2, 0) is 9.59 Å². The van der Waals surface area contributed by atoms with Gasteiger partial charge < -0.3 is 15.1 Å². The number of carbonyl (C=O) groups excluding carboxylic acids is 2. The molecule has 26 heavy (non-hydrogen) atoms. The maximum atomic E-state index is 14.4. The Balaban J connectivity index is 2.21. The minimum atomic E-state index is -1.13. The second kappa shape index (κ2) is 7.27. The number of benzene rings is 2. The fourth-order valence-electron chi connectivity index (χ4n) is 3.00. The highest BCUT2D eigenvalue weighted by molar-refractivity contribution is 6.46. The molecule has 134 valence electrons. The Labute approximate surface area is 153 Å². The molecule has 2 aromatic rings. The van der Waals surface area contributed by atoms with E-state index in [1.54, 1.807) is 6.07 Å². The third-order valence-corrected chi connectivity index (χ3v) is 4.45. The van der Waals surface area contributed by atoms with Crippen LogP contribution in [0.1, 0.15) is 17.2 Å². The summed E-state index contributed by atoms with van der Waals surface area (Å²) in [5.74, 6) is -2.87. The van der Waals surface area contributed by atoms with Crippen LogP contribution in [-0.4, -0.2) is 40.0 Å². The number of nitrogens with zero attached hydrogens (tertiary/aromatic N) is 1. The van der Waals surface area contributed by atoms with Gasteiger partial charge in [0.05, 0.1) is 18.2 Å². The first-order valence-electron chi connectivity index (χ1n) is 7.85. The monoisotopic (exact) mass is 375 g/mol. The Morgan fingerprint density at radius 3 is 2.38 bits per heavy atom. The molecule has 0 spiro atoms. The van der Waals surface area contributed by atoms with Gasteiger partial charge in [0.1, 0.15) is 11.6 Å². The van der Waals surface area contributed by atoms with E-state index in [1.807, 2.05) is 0 Å². The van der Waals surface area contributed by atoms with Crippen LogP contribution in [0, 0.1) is 5.82 Å². The summed E-state index contributed by atoms with van der Waals surface area (Å²) < 4.78 is 14.4. The Hall–Kier alpha value is -2.70. The smallest absolute Gasteiger partial charge is 0.295 e. The predicted molar refractivity (Wildman–Crippen MR) is 93.9 cm³/mol. The highest BCUT2D eigenvalue weighted by Gasteiger charge is 2.46. The van der Waals surface area contributed by atoms with Crippen molar-refractivity contribution in [2.24, 2.45) is 0 Å². The zero-order valence-electron chi connectivity index (χ0n) is 13.5. The summed E-state index contributed by atoms with van der Waals surface area (Å²) >= 11 is 5.83. The van der Waals surface area contributed by atoms with E-state index in [9.17, 15) is 24.2 Å². The Kier molecular flexibility index (Phi) is 5.06. The average Bonchev–Trinajstić information content (AvgIpc) is 2.87. The SMILES string of the molecule is O=C1C(=O)N(CCO)C(c2ccccc2F)/C1=C(/O)c1ccc(Cl)cc1. The van der Waals surface area contributed by atoms with Crippen molar-refractivity contribution >= 4 is 29.1 Å². The number of β-amino-alcohol motifs (C(OH)–C–C–N with tert-alkyl or cyclic N) is 1. The van der Waals surface area contributed by atoms with Crippen LogP contribution in [0.25, 0.3) is 5.76 Å². The number of aliphatic hydroxyl groups is 2. The number of carbonyl (C=O) groups is 2. The van der Waals surface area contributed by atoms with Crippen LogP contribution >= 0.6 is 11.6 Å². The van der Waals surface area contributed by atoms with Crippen LogP contribution in [0.3, 0.4) is 0 Å². The molecule has 0 aliphatic carbocycles. The largest absolute Gasteiger partial charge is 0.507 e. The molecule has 2 N–H and O–H groups in total. The van der Waals surface area contributed by atoms with Gasteiger partial charge in [-0.25, -0.2) is 4.39 Å². The lowest BCUT2D eigenvalue weighted by Crippen LogP contribution is -2.32. The molecule has 2 aromatic carbocycles. The summed E-state index contributed by atoms with van der Waals surface area (Å²) in [6.07, 6.45) is 0. The minimum Gasteiger partial charge on any atom is -0.507 e. The lowest BCUT2D eigenvalue weighted by molar-refractivity contribution is -0.140. The quantitative estimate of drug-likeness (QED) is 0.489. The lowest BCUT2D eigenvalue weighted by Gasteiger charge is -2.24. The summed E-state index contributed by atoms with van der Waals surface area (Å²) in [6.45, 7) is -0.570. The number of hydrogen-bond donors (Lipinski definition) is 2. The summed E-state index contributed by atoms with van der Waals surface area (Å²) in [5, 5.41) is 20.3. The van der Waals surface area contributed by atoms with Gasteiger partial charge in [0.15, 0.2) is 0 Å². The van der Waals surface area contributed by atoms with Crippen LogP contribution in [0.4, 0.5) is 4.39 Å². The van der Waals surface area contributed by atoms with E-state index in [2.05, 4.69) is 0 Å². The molecule has 5 nitrogen and oxygen atoms in total. The standard InChI is InChI=1S/C19H15ClFNO4/c20-12-7-5-11(6-8-12)17(24)15-16(13-3-1-2-4-14(13)21)22(9-10-23)19(26)18(15)25/h1-8,16,23-24H,9-10H2/b17-15-. The number of Topliss-reactive ketones (excluding diaryl/α,β-unsaturated/α-hetero) is 1. The minimum absolute atomic E-state index is 0.0654. The van der Waals surface area contributed by atoms with E-state index in [1.165, 1.54) is 42.5 Å². The van der Waals surface area contributed by atoms with Gasteiger partial charge in [-0.05, 0) is 30.3 Å². The molecule has 1 fully saturated rings. The van der Waals surface area contributed by atoms with Gasteiger partial charge in [-0.2, -0.15) is 0 Å². The van der Waals surface area contributed by atoms with Gasteiger partial charge in [0, 0.05) is 22.7 Å². The van der Waals surface area contributed by atoms with Crippen LogP contribution < -0.4 is 0 Å². The Bertz CT molecular complexity index is 895. The summed E-state index contributed by atoms with van der Waals surface area (Å²) in [5.41, 5.74) is 0.115. The fraction of sp³-hybridized carbons (Fsp3) is 0.158. The van der Waals surface area contributed by atoms with Crippen molar-refractivity contribution in [1.82, 2.24) is 4.90 Å². The van der Waals surface area contributed by atoms with Gasteiger partial charge in [0.25, 0.3) is 11.7 Å². The number of ketones is 1. The lowest BCUT2D eigenvalue weighted by atomic mass is 9.95. The number of likely N-dealkylation sites (tertiary alicyclic amines) is 1. The van der Waals surface area contributed by atoms with Crippen molar-refractivity contribution in [3.63, 3.8) is 0 Å². The molecular weight excluding hydrogens is 361 g/mol. The summed E-state index contributed by atoms with van der Waals surface area (Å²) in [7, 11) is 0. The number of amides is 1. The number of halogens is 2. The van der Waals surface area contributed by atoms with Crippen molar-refractivity contribution in [2.45, 2.75) is 6.04 Å². The van der Waals surface area contributed by atoms with Crippen LogP contribution in [0.2, 0.25) is 5.02 Å². The average molecular weight is 376 g/mol. The maximum absolute atomic E-state index is 14.4. The van der Waals surface area contributed by atoms with Crippen molar-refractivity contribution in [3.8, 4) is 0 Å². The predicted octanol–water partition coefficient (Wildman–Crippen LogP) is 2.89. The molecule has 1 heterocycles. The third-order valence-electron chi connectivity index (χ3n) is 4.20. The van der Waals surface area contributed by atoms with Crippen molar-refractivity contribution in [1.29, 1.82) is 0 Å². The Morgan fingerprint density at radius 1 is 1.12 bits per heavy atom. The molecule has 1 aliphatic rings. The number of hydrogen-bond acceptors (Lipinski definition) is 4. The molecule has 1 amide bonds. The molecule has 0 saturated carbocycles. The van der Waals surface area contributed by atoms with E-state index in [0.29, 0.717) is 5.02 Å². The normalized spacial score (nSPS) is 19.2. The summed E-state index contributed by atoms with van der Waals surface area (Å²) in [4.78, 5) is 26.0. The van der Waals surface area contributed by atoms with E-state index in [4.69, 9.17) is 11.6 Å². The van der Waals surface area contributed by atoms with E-state index < -0.39 is 35.9 Å². The van der Waals surface area contributed by atoms with Crippen LogP contribution in [0.15, 0.2) is 54.1 Å². The zero-order valence-corrected chi connectivity index (χ0v) is 14.3. The molecule has 7 heteroatoms. The second-order valence-electron chi connectivity index (χ2n) is 5.74. The molecule has 1 aliphatic heterocycles. The van der Waals surface area contributed by atoms with Gasteiger partial charge >= 0.3 is 0 Å². The van der Waals surface area contributed by atoms with Gasteiger partial charge in [-0.1, -0.05) is 29.8 Å². The molecule has 1 atom stereocenters. The highest BCUT2D eigenvalue weighted by atomic mass is 35.5. The van der Waals surface area contributed by atoms with Crippen molar-refractivity contribution < 1.29 is 24.2 Å². The third kappa shape index (κ3) is 3.09. The number of aliphatic hydroxyl groups excluding tert-OH is 2. The molecule has 0 bridgehead atoms. The van der Waals surface area contributed by atoms with Gasteiger partial charge in [0.2, 0.25) is 0 Å². The molecule has 0 radical (unpaired) electrons. The topological polar surface area (TPSA) is 77.8 Å². The molecule has 1 unspecified atom stereocenters. The van der Waals surface area contributed by atoms with E-state index in [-0.39, 0.29) is 23.2 Å². The zero-order chi connectivity index (χ0) is 18.8. The first kappa shape index (κ1) is 18.1. The molecular formula is C19H15ClFNO4. The highest BCUT2D eigenvalue weighted by Crippen LogP contribution is 2.40. The number of rotatable bonds is 4. The fourth-order valence-corrected chi connectivity index (χ4v) is 3.13. The van der Waals surface area contributed by atoms with Gasteiger partial charge in [-0.3, -0.25) is 9.59 Å². The van der Waals surface area contributed by atoms with E-state index >= 15 is 0 Å². The maximum Gasteiger partial charge on any atom is 0.295 e. The first-order valence-corrected chi connectivity index (χ1v) is 8.23. The summed E-state index contributed by atoms with van der Waals surface area (Å²) in [6, 6.07) is 10.6. The van der Waals surface area contributed by atoms with E-state index in [0.717, 1.165) is 4.90 Å². The molecule has 1 saturated heterocycles. The molecule has 0 aromatic heterocycles.